The summed E-state index contributed by atoms with van der Waals surface area (Å²) in [7, 11) is 7.48. The zero-order valence-corrected chi connectivity index (χ0v) is 12.3. The van der Waals surface area contributed by atoms with Crippen LogP contribution in [0.15, 0.2) is 0 Å². The van der Waals surface area contributed by atoms with Gasteiger partial charge in [-0.1, -0.05) is 0 Å². The Labute approximate surface area is 110 Å². The van der Waals surface area contributed by atoms with Gasteiger partial charge in [0.1, 0.15) is 5.54 Å². The first-order valence-corrected chi connectivity index (χ1v) is 6.59. The molecule has 1 fully saturated rings. The second-order valence-electron chi connectivity index (χ2n) is 5.55. The number of piperidine rings is 1. The maximum absolute atomic E-state index is 11.8. The fraction of sp³-hybridized carbons (Fsp3) is 0.923. The number of carbonyl (C=O) groups excluding carboxylic acids is 1. The predicted octanol–water partition coefficient (Wildman–Crippen LogP) is 0.164. The SMILES string of the molecule is CNC(C)(CN(C)C1CCCN(C)C1)C(=O)OC. The summed E-state index contributed by atoms with van der Waals surface area (Å²) in [6, 6.07) is 0.515. The van der Waals surface area contributed by atoms with E-state index in [1.165, 1.54) is 26.5 Å². The van der Waals surface area contributed by atoms with Crippen molar-refractivity contribution in [2.75, 3.05) is 47.9 Å². The number of carbonyl (C=O) groups is 1. The van der Waals surface area contributed by atoms with Crippen LogP contribution in [0.2, 0.25) is 0 Å². The van der Waals surface area contributed by atoms with Gasteiger partial charge < -0.3 is 15.0 Å². The second kappa shape index (κ2) is 6.50. The molecule has 5 nitrogen and oxygen atoms in total. The highest BCUT2D eigenvalue weighted by Crippen LogP contribution is 2.16. The molecule has 18 heavy (non-hydrogen) atoms. The first kappa shape index (κ1) is 15.4. The number of likely N-dealkylation sites (N-methyl/N-ethyl adjacent to an activating group) is 3. The summed E-state index contributed by atoms with van der Waals surface area (Å²) in [5, 5.41) is 3.08. The topological polar surface area (TPSA) is 44.8 Å². The molecule has 1 aliphatic heterocycles. The molecule has 0 aliphatic carbocycles. The van der Waals surface area contributed by atoms with Crippen molar-refractivity contribution in [1.29, 1.82) is 0 Å². The van der Waals surface area contributed by atoms with Crippen LogP contribution in [0, 0.1) is 0 Å². The van der Waals surface area contributed by atoms with E-state index in [-0.39, 0.29) is 5.97 Å². The number of hydrogen-bond acceptors (Lipinski definition) is 5. The fourth-order valence-electron chi connectivity index (χ4n) is 2.60. The van der Waals surface area contributed by atoms with Crippen LogP contribution >= 0.6 is 0 Å². The van der Waals surface area contributed by atoms with E-state index in [0.717, 1.165) is 6.54 Å². The van der Waals surface area contributed by atoms with E-state index >= 15 is 0 Å². The molecule has 2 atom stereocenters. The van der Waals surface area contributed by atoms with E-state index in [0.29, 0.717) is 12.6 Å². The Morgan fingerprint density at radius 2 is 2.28 bits per heavy atom. The third-order valence-electron chi connectivity index (χ3n) is 3.98. The average Bonchev–Trinajstić information content (AvgIpc) is 2.37. The van der Waals surface area contributed by atoms with Crippen molar-refractivity contribution in [3.63, 3.8) is 0 Å². The first-order chi connectivity index (χ1) is 8.42. The molecule has 0 aromatic carbocycles. The summed E-state index contributed by atoms with van der Waals surface area (Å²) in [4.78, 5) is 16.4. The summed E-state index contributed by atoms with van der Waals surface area (Å²) in [6.45, 7) is 4.79. The molecular weight excluding hydrogens is 230 g/mol. The van der Waals surface area contributed by atoms with Crippen molar-refractivity contribution in [3.05, 3.63) is 0 Å². The molecule has 0 aromatic rings. The molecule has 5 heteroatoms. The highest BCUT2D eigenvalue weighted by molar-refractivity contribution is 5.80. The minimum absolute atomic E-state index is 0.207. The van der Waals surface area contributed by atoms with E-state index in [2.05, 4.69) is 29.2 Å². The first-order valence-electron chi connectivity index (χ1n) is 6.59. The van der Waals surface area contributed by atoms with E-state index in [1.54, 1.807) is 7.05 Å². The fourth-order valence-corrected chi connectivity index (χ4v) is 2.60. The van der Waals surface area contributed by atoms with Gasteiger partial charge in [0.25, 0.3) is 0 Å². The van der Waals surface area contributed by atoms with E-state index in [9.17, 15) is 4.79 Å². The molecule has 2 unspecified atom stereocenters. The minimum atomic E-state index is -0.639. The van der Waals surface area contributed by atoms with Crippen molar-refractivity contribution in [3.8, 4) is 0 Å². The smallest absolute Gasteiger partial charge is 0.327 e. The number of hydrogen-bond donors (Lipinski definition) is 1. The molecule has 0 amide bonds. The second-order valence-corrected chi connectivity index (χ2v) is 5.55. The lowest BCUT2D eigenvalue weighted by Crippen LogP contribution is -2.58. The highest BCUT2D eigenvalue weighted by atomic mass is 16.5. The predicted molar refractivity (Wildman–Crippen MR) is 72.6 cm³/mol. The Kier molecular flexibility index (Phi) is 5.56. The molecule has 0 spiro atoms. The maximum atomic E-state index is 11.8. The van der Waals surface area contributed by atoms with Gasteiger partial charge in [0.15, 0.2) is 0 Å². The van der Waals surface area contributed by atoms with Crippen LogP contribution in [0.25, 0.3) is 0 Å². The summed E-state index contributed by atoms with van der Waals surface area (Å²) >= 11 is 0. The lowest BCUT2D eigenvalue weighted by atomic mass is 9.99. The van der Waals surface area contributed by atoms with Crippen molar-refractivity contribution < 1.29 is 9.53 Å². The van der Waals surface area contributed by atoms with Crippen LogP contribution in [-0.2, 0) is 9.53 Å². The monoisotopic (exact) mass is 257 g/mol. The van der Waals surface area contributed by atoms with Gasteiger partial charge in [-0.05, 0) is 47.5 Å². The van der Waals surface area contributed by atoms with E-state index in [1.807, 2.05) is 6.92 Å². The Bertz CT molecular complexity index is 285. The Balaban J connectivity index is 2.61. The normalized spacial score (nSPS) is 24.9. The van der Waals surface area contributed by atoms with Crippen LogP contribution in [-0.4, -0.2) is 75.2 Å². The van der Waals surface area contributed by atoms with Crippen LogP contribution in [0.5, 0.6) is 0 Å². The molecule has 0 saturated carbocycles. The summed E-state index contributed by atoms with van der Waals surface area (Å²) < 4.78 is 4.88. The summed E-state index contributed by atoms with van der Waals surface area (Å²) in [5.41, 5.74) is -0.639. The van der Waals surface area contributed by atoms with Crippen LogP contribution < -0.4 is 5.32 Å². The molecular formula is C13H27N3O2. The number of methoxy groups -OCH3 is 1. The van der Waals surface area contributed by atoms with Crippen molar-refractivity contribution >= 4 is 5.97 Å². The van der Waals surface area contributed by atoms with Gasteiger partial charge in [0.2, 0.25) is 0 Å². The minimum Gasteiger partial charge on any atom is -0.468 e. The molecule has 106 valence electrons. The number of rotatable bonds is 5. The average molecular weight is 257 g/mol. The molecule has 0 aromatic heterocycles. The van der Waals surface area contributed by atoms with Crippen LogP contribution in [0.1, 0.15) is 19.8 Å². The van der Waals surface area contributed by atoms with Gasteiger partial charge >= 0.3 is 5.97 Å². The molecule has 1 aliphatic rings. The molecule has 0 bridgehead atoms. The highest BCUT2D eigenvalue weighted by Gasteiger charge is 2.35. The standard InChI is InChI=1S/C13H27N3O2/c1-13(14-2,12(17)18-5)10-16(4)11-7-6-8-15(3)9-11/h11,14H,6-10H2,1-5H3. The zero-order chi connectivity index (χ0) is 13.8. The van der Waals surface area contributed by atoms with Gasteiger partial charge in [0, 0.05) is 19.1 Å². The van der Waals surface area contributed by atoms with Crippen molar-refractivity contribution in [1.82, 2.24) is 15.1 Å². The van der Waals surface area contributed by atoms with Gasteiger partial charge in [-0.3, -0.25) is 9.69 Å². The van der Waals surface area contributed by atoms with Gasteiger partial charge in [-0.25, -0.2) is 0 Å². The number of likely N-dealkylation sites (tertiary alicyclic amines) is 1. The summed E-state index contributed by atoms with van der Waals surface area (Å²) in [6.07, 6.45) is 2.42. The number of nitrogens with one attached hydrogen (secondary N) is 1. The maximum Gasteiger partial charge on any atom is 0.327 e. The molecule has 1 heterocycles. The lowest BCUT2D eigenvalue weighted by molar-refractivity contribution is -0.148. The summed E-state index contributed by atoms with van der Waals surface area (Å²) in [5.74, 6) is -0.207. The third-order valence-corrected chi connectivity index (χ3v) is 3.98. The van der Waals surface area contributed by atoms with Crippen molar-refractivity contribution in [2.24, 2.45) is 0 Å². The quantitative estimate of drug-likeness (QED) is 0.711. The van der Waals surface area contributed by atoms with Crippen LogP contribution in [0.4, 0.5) is 0 Å². The van der Waals surface area contributed by atoms with E-state index < -0.39 is 5.54 Å². The van der Waals surface area contributed by atoms with Crippen molar-refractivity contribution in [2.45, 2.75) is 31.3 Å². The lowest BCUT2D eigenvalue weighted by Gasteiger charge is -2.39. The van der Waals surface area contributed by atoms with Gasteiger partial charge in [-0.2, -0.15) is 0 Å². The molecule has 1 N–H and O–H groups in total. The zero-order valence-electron chi connectivity index (χ0n) is 12.3. The van der Waals surface area contributed by atoms with Gasteiger partial charge in [-0.15, -0.1) is 0 Å². The Morgan fingerprint density at radius 1 is 1.61 bits per heavy atom. The van der Waals surface area contributed by atoms with E-state index in [4.69, 9.17) is 4.74 Å². The van der Waals surface area contributed by atoms with Crippen LogP contribution in [0.3, 0.4) is 0 Å². The molecule has 0 radical (unpaired) electrons. The number of esters is 1. The molecule has 1 saturated heterocycles. The third kappa shape index (κ3) is 3.67. The van der Waals surface area contributed by atoms with Gasteiger partial charge in [0.05, 0.1) is 7.11 Å². The number of nitrogens with zero attached hydrogens (tertiary/aromatic N) is 2. The molecule has 1 rings (SSSR count). The largest absolute Gasteiger partial charge is 0.468 e. The Morgan fingerprint density at radius 3 is 2.78 bits per heavy atom. The Hall–Kier alpha value is -0.650. The number of ether oxygens (including phenoxy) is 1.